The molecule has 0 aliphatic heterocycles. The molecule has 0 spiro atoms. The monoisotopic (exact) mass is 390 g/mol. The molecule has 1 aromatic rings. The first-order valence-electron chi connectivity index (χ1n) is 10.9. The van der Waals surface area contributed by atoms with E-state index in [-0.39, 0.29) is 22.5 Å². The van der Waals surface area contributed by atoms with Crippen LogP contribution in [0.2, 0.25) is 0 Å². The van der Waals surface area contributed by atoms with Crippen molar-refractivity contribution in [1.82, 2.24) is 0 Å². The molecule has 1 N–H and O–H groups in total. The van der Waals surface area contributed by atoms with Gasteiger partial charge in [-0.2, -0.15) is 0 Å². The van der Waals surface area contributed by atoms with E-state index in [1.807, 2.05) is 13.0 Å². The zero-order valence-corrected chi connectivity index (χ0v) is 19.4. The average molecular weight is 391 g/mol. The van der Waals surface area contributed by atoms with Crippen molar-refractivity contribution in [2.45, 2.75) is 105 Å². The second kappa shape index (κ2) is 9.80. The maximum Gasteiger partial charge on any atom is 0.316 e. The highest BCUT2D eigenvalue weighted by molar-refractivity contribution is 5.84. The Bertz CT molecular complexity index is 634. The molecule has 0 heterocycles. The topological polar surface area (TPSA) is 46.5 Å². The summed E-state index contributed by atoms with van der Waals surface area (Å²) in [4.78, 5) is 13.3. The lowest BCUT2D eigenvalue weighted by Crippen LogP contribution is -2.47. The molecule has 1 atom stereocenters. The molecule has 0 saturated heterocycles. The first-order valence-corrected chi connectivity index (χ1v) is 10.9. The van der Waals surface area contributed by atoms with E-state index in [9.17, 15) is 9.90 Å². The number of phenolic OH excluding ortho intramolecular Hbond substituents is 1. The number of phenols is 1. The fourth-order valence-electron chi connectivity index (χ4n) is 3.60. The summed E-state index contributed by atoms with van der Waals surface area (Å²) in [6, 6.07) is 5.36. The highest BCUT2D eigenvalue weighted by Gasteiger charge is 2.49. The van der Waals surface area contributed by atoms with Gasteiger partial charge in [0.2, 0.25) is 0 Å². The Kier molecular flexibility index (Phi) is 8.59. The summed E-state index contributed by atoms with van der Waals surface area (Å²) in [6.45, 7) is 17.2. The Balaban J connectivity index is 3.07. The van der Waals surface area contributed by atoms with Crippen molar-refractivity contribution in [3.05, 3.63) is 29.3 Å². The minimum absolute atomic E-state index is 0.176. The molecule has 0 aliphatic carbocycles. The quantitative estimate of drug-likeness (QED) is 0.368. The number of carbonyl (C=O) groups excluding carboxylic acids is 1. The molecule has 0 saturated carbocycles. The molecule has 0 bridgehead atoms. The van der Waals surface area contributed by atoms with Gasteiger partial charge < -0.3 is 9.84 Å². The van der Waals surface area contributed by atoms with Crippen LogP contribution in [0, 0.1) is 5.41 Å². The van der Waals surface area contributed by atoms with E-state index in [0.29, 0.717) is 6.61 Å². The van der Waals surface area contributed by atoms with Gasteiger partial charge in [0, 0.05) is 0 Å². The number of esters is 1. The lowest BCUT2D eigenvalue weighted by Gasteiger charge is -2.42. The van der Waals surface area contributed by atoms with Crippen molar-refractivity contribution in [3.8, 4) is 5.75 Å². The summed E-state index contributed by atoms with van der Waals surface area (Å²) < 4.78 is 5.79. The minimum Gasteiger partial charge on any atom is -0.508 e. The molecule has 1 unspecified atom stereocenters. The molecular weight excluding hydrogens is 348 g/mol. The number of hydrogen-bond donors (Lipinski definition) is 1. The van der Waals surface area contributed by atoms with Crippen LogP contribution in [0.15, 0.2) is 18.2 Å². The fraction of sp³-hybridized carbons (Fsp3) is 0.720. The van der Waals surface area contributed by atoms with Crippen LogP contribution < -0.4 is 0 Å². The van der Waals surface area contributed by atoms with Gasteiger partial charge in [-0.1, -0.05) is 86.6 Å². The van der Waals surface area contributed by atoms with Gasteiger partial charge in [0.15, 0.2) is 0 Å². The molecule has 28 heavy (non-hydrogen) atoms. The number of aromatic hydroxyl groups is 1. The first kappa shape index (κ1) is 24.5. The van der Waals surface area contributed by atoms with Gasteiger partial charge in [-0.15, -0.1) is 0 Å². The number of benzene rings is 1. The van der Waals surface area contributed by atoms with Crippen molar-refractivity contribution in [1.29, 1.82) is 0 Å². The first-order chi connectivity index (χ1) is 12.9. The predicted molar refractivity (Wildman–Crippen MR) is 118 cm³/mol. The number of rotatable bonds is 9. The Hall–Kier alpha value is -1.51. The van der Waals surface area contributed by atoms with E-state index in [1.54, 1.807) is 12.1 Å². The minimum atomic E-state index is -0.800. The second-order valence-corrected chi connectivity index (χ2v) is 10.3. The third-order valence-electron chi connectivity index (χ3n) is 5.99. The lowest BCUT2D eigenvalue weighted by atomic mass is 9.61. The highest BCUT2D eigenvalue weighted by Crippen LogP contribution is 2.46. The van der Waals surface area contributed by atoms with Crippen LogP contribution in [0.25, 0.3) is 0 Å². The van der Waals surface area contributed by atoms with Crippen molar-refractivity contribution in [2.75, 3.05) is 6.61 Å². The van der Waals surface area contributed by atoms with E-state index in [2.05, 4.69) is 48.5 Å². The van der Waals surface area contributed by atoms with E-state index in [4.69, 9.17) is 4.74 Å². The van der Waals surface area contributed by atoms with Crippen molar-refractivity contribution < 1.29 is 14.6 Å². The number of hydrogen-bond acceptors (Lipinski definition) is 3. The van der Waals surface area contributed by atoms with E-state index >= 15 is 0 Å². The standard InChI is InChI=1S/C25H42O3/c1-9-10-11-12-13-14-17-28-22(27)25(8,24(5,6)7)20-16-15-19(26)18-21(20)23(2,3)4/h15-16,18,26H,9-14,17H2,1-8H3. The zero-order chi connectivity index (χ0) is 21.6. The lowest BCUT2D eigenvalue weighted by molar-refractivity contribution is -0.154. The van der Waals surface area contributed by atoms with Gasteiger partial charge in [0.25, 0.3) is 0 Å². The number of ether oxygens (including phenoxy) is 1. The third kappa shape index (κ3) is 5.99. The van der Waals surface area contributed by atoms with Gasteiger partial charge in [-0.25, -0.2) is 0 Å². The molecule has 0 radical (unpaired) electrons. The molecule has 0 amide bonds. The van der Waals surface area contributed by atoms with Gasteiger partial charge in [-0.3, -0.25) is 4.79 Å². The number of carbonyl (C=O) groups is 1. The Morgan fingerprint density at radius 2 is 1.46 bits per heavy atom. The summed E-state index contributed by atoms with van der Waals surface area (Å²) >= 11 is 0. The van der Waals surface area contributed by atoms with Crippen LogP contribution >= 0.6 is 0 Å². The Morgan fingerprint density at radius 3 is 2.00 bits per heavy atom. The second-order valence-electron chi connectivity index (χ2n) is 10.3. The van der Waals surface area contributed by atoms with Gasteiger partial charge in [-0.05, 0) is 47.4 Å². The van der Waals surface area contributed by atoms with E-state index < -0.39 is 5.41 Å². The summed E-state index contributed by atoms with van der Waals surface area (Å²) in [6.07, 6.45) is 6.99. The van der Waals surface area contributed by atoms with E-state index in [0.717, 1.165) is 24.0 Å². The molecule has 1 rings (SSSR count). The summed E-state index contributed by atoms with van der Waals surface area (Å²) in [5.74, 6) is 0.0510. The zero-order valence-electron chi connectivity index (χ0n) is 19.4. The van der Waals surface area contributed by atoms with Crippen LogP contribution in [0.4, 0.5) is 0 Å². The molecule has 0 fully saturated rings. The van der Waals surface area contributed by atoms with Gasteiger partial charge >= 0.3 is 5.97 Å². The molecule has 0 aliphatic rings. The summed E-state index contributed by atoms with van der Waals surface area (Å²) in [5, 5.41) is 10.1. The van der Waals surface area contributed by atoms with Crippen LogP contribution in [-0.4, -0.2) is 17.7 Å². The van der Waals surface area contributed by atoms with Crippen molar-refractivity contribution >= 4 is 5.97 Å². The molecular formula is C25H42O3. The summed E-state index contributed by atoms with van der Waals surface area (Å²) in [5.41, 5.74) is 0.605. The van der Waals surface area contributed by atoms with Crippen LogP contribution in [-0.2, 0) is 20.4 Å². The normalized spacial score (nSPS) is 14.6. The molecule has 0 aromatic heterocycles. The number of unbranched alkanes of at least 4 members (excludes halogenated alkanes) is 5. The average Bonchev–Trinajstić information content (AvgIpc) is 2.58. The van der Waals surface area contributed by atoms with Crippen molar-refractivity contribution in [2.24, 2.45) is 5.41 Å². The van der Waals surface area contributed by atoms with Crippen molar-refractivity contribution in [3.63, 3.8) is 0 Å². The maximum absolute atomic E-state index is 13.3. The van der Waals surface area contributed by atoms with Gasteiger partial charge in [0.05, 0.1) is 12.0 Å². The Morgan fingerprint density at radius 1 is 0.893 bits per heavy atom. The molecule has 160 valence electrons. The van der Waals surface area contributed by atoms with Crippen LogP contribution in [0.5, 0.6) is 5.75 Å². The largest absolute Gasteiger partial charge is 0.508 e. The predicted octanol–water partition coefficient (Wildman–Crippen LogP) is 6.90. The van der Waals surface area contributed by atoms with Gasteiger partial charge in [0.1, 0.15) is 5.75 Å². The fourth-order valence-corrected chi connectivity index (χ4v) is 3.60. The van der Waals surface area contributed by atoms with Crippen LogP contribution in [0.1, 0.15) is 105 Å². The SMILES string of the molecule is CCCCCCCCOC(=O)C(C)(c1ccc(O)cc1C(C)(C)C)C(C)(C)C. The maximum atomic E-state index is 13.3. The molecule has 3 heteroatoms. The smallest absolute Gasteiger partial charge is 0.316 e. The third-order valence-corrected chi connectivity index (χ3v) is 5.99. The van der Waals surface area contributed by atoms with E-state index in [1.165, 1.54) is 25.7 Å². The Labute approximate surface area is 172 Å². The molecule has 3 nitrogen and oxygen atoms in total. The highest BCUT2D eigenvalue weighted by atomic mass is 16.5. The summed E-state index contributed by atoms with van der Waals surface area (Å²) in [7, 11) is 0. The van der Waals surface area contributed by atoms with Crippen LogP contribution in [0.3, 0.4) is 0 Å². The molecule has 1 aromatic carbocycles.